The third-order valence-corrected chi connectivity index (χ3v) is 1.96. The molecule has 1 heterocycles. The predicted octanol–water partition coefficient (Wildman–Crippen LogP) is 2.39. The van der Waals surface area contributed by atoms with E-state index in [0.717, 1.165) is 6.07 Å². The lowest BCUT2D eigenvalue weighted by atomic mass is 10.1. The summed E-state index contributed by atoms with van der Waals surface area (Å²) in [6, 6.07) is 0.950. The van der Waals surface area contributed by atoms with Crippen LogP contribution in [0.2, 0.25) is 0 Å². The Bertz CT molecular complexity index is 333. The van der Waals surface area contributed by atoms with Gasteiger partial charge in [0.05, 0.1) is 18.2 Å². The molecule has 78 valence electrons. The minimum Gasteiger partial charge on any atom is -0.390 e. The Balaban J connectivity index is 3.28. The summed E-state index contributed by atoms with van der Waals surface area (Å²) in [6.45, 7) is -0.584. The number of aliphatic hydroxyl groups is 1. The Hall–Kier alpha value is -0.810. The van der Waals surface area contributed by atoms with Crippen LogP contribution in [0.4, 0.5) is 13.2 Å². The lowest BCUT2D eigenvalue weighted by Crippen LogP contribution is -2.03. The summed E-state index contributed by atoms with van der Waals surface area (Å²) in [4.78, 5) is 3.27. The van der Waals surface area contributed by atoms with E-state index in [4.69, 9.17) is 16.7 Å². The molecule has 0 bridgehead atoms. The van der Waals surface area contributed by atoms with Crippen LogP contribution < -0.4 is 0 Å². The predicted molar refractivity (Wildman–Crippen MR) is 44.6 cm³/mol. The maximum Gasteiger partial charge on any atom is 0.264 e. The zero-order chi connectivity index (χ0) is 10.7. The van der Waals surface area contributed by atoms with E-state index in [0.29, 0.717) is 0 Å². The second kappa shape index (κ2) is 4.61. The molecule has 0 spiro atoms. The molecule has 0 fully saturated rings. The third kappa shape index (κ3) is 2.16. The van der Waals surface area contributed by atoms with Gasteiger partial charge in [-0.1, -0.05) is 0 Å². The molecule has 0 aliphatic rings. The second-order valence-corrected chi connectivity index (χ2v) is 2.83. The van der Waals surface area contributed by atoms with Gasteiger partial charge in [0.2, 0.25) is 5.95 Å². The van der Waals surface area contributed by atoms with Crippen molar-refractivity contribution < 1.29 is 18.3 Å². The van der Waals surface area contributed by atoms with Crippen molar-refractivity contribution in [1.82, 2.24) is 4.98 Å². The van der Waals surface area contributed by atoms with E-state index >= 15 is 0 Å². The number of hydrogen-bond donors (Lipinski definition) is 1. The van der Waals surface area contributed by atoms with Crippen LogP contribution in [0.5, 0.6) is 0 Å². The van der Waals surface area contributed by atoms with Crippen LogP contribution in [0.15, 0.2) is 6.07 Å². The number of rotatable bonds is 3. The first-order valence-corrected chi connectivity index (χ1v) is 4.26. The van der Waals surface area contributed by atoms with E-state index < -0.39 is 24.5 Å². The maximum atomic E-state index is 13.0. The highest BCUT2D eigenvalue weighted by Crippen LogP contribution is 2.26. The van der Waals surface area contributed by atoms with E-state index in [1.165, 1.54) is 0 Å². The molecule has 14 heavy (non-hydrogen) atoms. The second-order valence-electron chi connectivity index (χ2n) is 2.56. The van der Waals surface area contributed by atoms with E-state index in [1.54, 1.807) is 0 Å². The summed E-state index contributed by atoms with van der Waals surface area (Å²) in [5.74, 6) is -1.42. The van der Waals surface area contributed by atoms with Gasteiger partial charge in [-0.3, -0.25) is 0 Å². The smallest absolute Gasteiger partial charge is 0.264 e. The van der Waals surface area contributed by atoms with E-state index in [-0.39, 0.29) is 17.1 Å². The van der Waals surface area contributed by atoms with Crippen LogP contribution >= 0.6 is 11.6 Å². The number of aromatic nitrogens is 1. The molecule has 2 nitrogen and oxygen atoms in total. The monoisotopic (exact) mass is 225 g/mol. The van der Waals surface area contributed by atoms with Gasteiger partial charge in [-0.2, -0.15) is 4.39 Å². The van der Waals surface area contributed by atoms with Crippen LogP contribution in [0.25, 0.3) is 0 Å². The van der Waals surface area contributed by atoms with E-state index in [9.17, 15) is 13.2 Å². The summed E-state index contributed by atoms with van der Waals surface area (Å²) in [5, 5.41) is 8.62. The molecule has 1 rings (SSSR count). The topological polar surface area (TPSA) is 33.1 Å². The molecule has 6 heteroatoms. The average molecular weight is 226 g/mol. The first kappa shape index (κ1) is 11.3. The molecule has 0 radical (unpaired) electrons. The van der Waals surface area contributed by atoms with Crippen molar-refractivity contribution in [2.24, 2.45) is 0 Å². The molecular formula is C8H7ClF3NO. The quantitative estimate of drug-likeness (QED) is 0.633. The number of nitrogens with zero attached hydrogens (tertiary/aromatic N) is 1. The number of alkyl halides is 3. The molecule has 0 atom stereocenters. The molecule has 0 unspecified atom stereocenters. The summed E-state index contributed by atoms with van der Waals surface area (Å²) in [7, 11) is 0. The number of hydrogen-bond acceptors (Lipinski definition) is 2. The SMILES string of the molecule is OCc1cc(C(F)F)c(CCl)c(F)n1. The lowest BCUT2D eigenvalue weighted by Gasteiger charge is -2.08. The Labute approximate surface area is 83.3 Å². The molecule has 0 saturated heterocycles. The highest BCUT2D eigenvalue weighted by molar-refractivity contribution is 6.17. The van der Waals surface area contributed by atoms with Gasteiger partial charge < -0.3 is 5.11 Å². The summed E-state index contributed by atoms with van der Waals surface area (Å²) in [5.41, 5.74) is -0.970. The number of pyridine rings is 1. The molecule has 0 aliphatic heterocycles. The molecular weight excluding hydrogens is 219 g/mol. The minimum absolute atomic E-state index is 0.133. The van der Waals surface area contributed by atoms with Crippen LogP contribution in [0.1, 0.15) is 23.2 Å². The molecule has 0 amide bonds. The first-order valence-electron chi connectivity index (χ1n) is 3.73. The summed E-state index contributed by atoms with van der Waals surface area (Å²) in [6.07, 6.45) is -2.83. The average Bonchev–Trinajstić information content (AvgIpc) is 2.16. The van der Waals surface area contributed by atoms with E-state index in [2.05, 4.69) is 4.98 Å². The Morgan fingerprint density at radius 2 is 2.14 bits per heavy atom. The first-order chi connectivity index (χ1) is 6.60. The highest BCUT2D eigenvalue weighted by Gasteiger charge is 2.18. The maximum absolute atomic E-state index is 13.0. The number of aliphatic hydroxyl groups excluding tert-OH is 1. The van der Waals surface area contributed by atoms with Gasteiger partial charge in [0.1, 0.15) is 0 Å². The van der Waals surface area contributed by atoms with Crippen LogP contribution in [-0.2, 0) is 12.5 Å². The van der Waals surface area contributed by atoms with Crippen molar-refractivity contribution >= 4 is 11.6 Å². The zero-order valence-electron chi connectivity index (χ0n) is 6.98. The van der Waals surface area contributed by atoms with Gasteiger partial charge in [0.15, 0.2) is 0 Å². The van der Waals surface area contributed by atoms with Crippen molar-refractivity contribution in [2.75, 3.05) is 0 Å². The minimum atomic E-state index is -2.83. The molecule has 1 aromatic rings. The molecule has 0 saturated carbocycles. The van der Waals surface area contributed by atoms with Crippen molar-refractivity contribution in [1.29, 1.82) is 0 Å². The van der Waals surface area contributed by atoms with Crippen LogP contribution in [0.3, 0.4) is 0 Å². The van der Waals surface area contributed by atoms with Crippen molar-refractivity contribution in [3.8, 4) is 0 Å². The van der Waals surface area contributed by atoms with Crippen LogP contribution in [0, 0.1) is 5.95 Å². The zero-order valence-corrected chi connectivity index (χ0v) is 7.73. The summed E-state index contributed by atoms with van der Waals surface area (Å²) < 4.78 is 37.8. The molecule has 1 aromatic heterocycles. The highest BCUT2D eigenvalue weighted by atomic mass is 35.5. The van der Waals surface area contributed by atoms with Gasteiger partial charge in [-0.05, 0) is 6.07 Å². The van der Waals surface area contributed by atoms with Crippen molar-refractivity contribution in [3.05, 3.63) is 28.8 Å². The van der Waals surface area contributed by atoms with Gasteiger partial charge in [0, 0.05) is 11.1 Å². The van der Waals surface area contributed by atoms with Crippen LogP contribution in [-0.4, -0.2) is 10.1 Å². The Morgan fingerprint density at radius 3 is 2.57 bits per heavy atom. The largest absolute Gasteiger partial charge is 0.390 e. The Kier molecular flexibility index (Phi) is 3.71. The van der Waals surface area contributed by atoms with Gasteiger partial charge in [-0.25, -0.2) is 13.8 Å². The molecule has 0 aliphatic carbocycles. The molecule has 1 N–H and O–H groups in total. The normalized spacial score (nSPS) is 11.0. The third-order valence-electron chi connectivity index (χ3n) is 1.69. The van der Waals surface area contributed by atoms with Gasteiger partial charge in [-0.15, -0.1) is 11.6 Å². The lowest BCUT2D eigenvalue weighted by molar-refractivity contribution is 0.149. The number of halogens is 4. The standard InChI is InChI=1S/C8H7ClF3NO/c9-2-6-5(7(10)11)1-4(3-14)13-8(6)12/h1,7,14H,2-3H2. The summed E-state index contributed by atoms with van der Waals surface area (Å²) >= 11 is 5.30. The fourth-order valence-corrected chi connectivity index (χ4v) is 1.28. The van der Waals surface area contributed by atoms with Gasteiger partial charge >= 0.3 is 0 Å². The van der Waals surface area contributed by atoms with Crippen molar-refractivity contribution in [3.63, 3.8) is 0 Å². The fourth-order valence-electron chi connectivity index (χ4n) is 1.02. The van der Waals surface area contributed by atoms with E-state index in [1.807, 2.05) is 0 Å². The molecule has 0 aromatic carbocycles. The Morgan fingerprint density at radius 1 is 1.50 bits per heavy atom. The fraction of sp³-hybridized carbons (Fsp3) is 0.375. The van der Waals surface area contributed by atoms with Gasteiger partial charge in [0.25, 0.3) is 6.43 Å². The van der Waals surface area contributed by atoms with Crippen molar-refractivity contribution in [2.45, 2.75) is 18.9 Å².